The molecule has 0 spiro atoms. The number of anilines is 1. The highest BCUT2D eigenvalue weighted by atomic mass is 127. The van der Waals surface area contributed by atoms with Gasteiger partial charge in [-0.1, -0.05) is 120 Å². The van der Waals surface area contributed by atoms with Gasteiger partial charge in [-0.25, -0.2) is 0 Å². The average Bonchev–Trinajstić information content (AvgIpc) is 3.58. The van der Waals surface area contributed by atoms with E-state index in [1.165, 1.54) is 94.0 Å². The summed E-state index contributed by atoms with van der Waals surface area (Å²) in [6.07, 6.45) is 15.7. The monoisotopic (exact) mass is 882 g/mol. The number of Topliss-reactive ketones (excluding diaryl/α,β-unsaturated/α-hetero) is 1. The van der Waals surface area contributed by atoms with Crippen LogP contribution in [0.4, 0.5) is 11.4 Å². The van der Waals surface area contributed by atoms with Gasteiger partial charge in [0.1, 0.15) is 6.54 Å². The molecule has 0 radical (unpaired) electrons. The Balaban J connectivity index is 0.00000512. The zero-order valence-electron chi connectivity index (χ0n) is 35.3. The molecular formula is C52H59IN4O. The summed E-state index contributed by atoms with van der Waals surface area (Å²) in [6, 6.07) is 32.6. The number of unbranched alkanes of at least 4 members (excludes halogenated alkanes) is 6. The molecule has 0 amide bonds. The molecule has 300 valence electrons. The van der Waals surface area contributed by atoms with Gasteiger partial charge in [0, 0.05) is 59.2 Å². The molecule has 0 fully saturated rings. The Bertz CT molecular complexity index is 2470. The van der Waals surface area contributed by atoms with Crippen molar-refractivity contribution in [2.75, 3.05) is 18.0 Å². The molecule has 58 heavy (non-hydrogen) atoms. The maximum atomic E-state index is 14.9. The molecule has 3 aliphatic rings. The first-order valence-electron chi connectivity index (χ1n) is 21.5. The number of hydrogen-bond donors (Lipinski definition) is 1. The standard InChI is InChI=1S/C52H58N4O.HI/c1-7-9-11-19-31-55-43-28-26-36-21-13-15-24-39(36)47(43)51(3,4)45(55)33-41-49(54-35-38-23-17-18-30-53-38)42(50(41)57)34-46-52(5,6)48-40-25-16-14-22-37(40)27-29-44(48)56(46)32-20-12-10-8-2;/h13-18,21-30,33-34H,7-12,19-20,31-32,35H2,1-6H3;1H. The van der Waals surface area contributed by atoms with Crippen LogP contribution in [0.25, 0.3) is 21.5 Å². The molecule has 3 heterocycles. The van der Waals surface area contributed by atoms with E-state index in [0.29, 0.717) is 6.54 Å². The molecule has 4 aromatic carbocycles. The molecular weight excluding hydrogens is 824 g/mol. The minimum Gasteiger partial charge on any atom is -1.00 e. The van der Waals surface area contributed by atoms with Crippen molar-refractivity contribution in [3.8, 4) is 0 Å². The van der Waals surface area contributed by atoms with Crippen molar-refractivity contribution in [2.24, 2.45) is 0 Å². The number of aromatic nitrogens is 1. The van der Waals surface area contributed by atoms with Gasteiger partial charge in [-0.15, -0.1) is 0 Å². The van der Waals surface area contributed by atoms with Gasteiger partial charge >= 0.3 is 0 Å². The minimum absolute atomic E-state index is 0. The Kier molecular flexibility index (Phi) is 12.4. The third-order valence-corrected chi connectivity index (χ3v) is 12.7. The fraction of sp³-hybridized carbons (Fsp3) is 0.365. The lowest BCUT2D eigenvalue weighted by Crippen LogP contribution is -3.00. The van der Waals surface area contributed by atoms with Gasteiger partial charge in [-0.2, -0.15) is 4.58 Å². The van der Waals surface area contributed by atoms with Crippen LogP contribution in [0.5, 0.6) is 0 Å². The van der Waals surface area contributed by atoms with Crippen molar-refractivity contribution < 1.29 is 33.3 Å². The van der Waals surface area contributed by atoms with Gasteiger partial charge in [-0.05, 0) is 84.1 Å². The number of rotatable bonds is 15. The Morgan fingerprint density at radius 2 is 1.36 bits per heavy atom. The van der Waals surface area contributed by atoms with Crippen LogP contribution >= 0.6 is 0 Å². The second-order valence-corrected chi connectivity index (χ2v) is 17.3. The molecule has 2 aliphatic heterocycles. The highest BCUT2D eigenvalue weighted by molar-refractivity contribution is 6.25. The summed E-state index contributed by atoms with van der Waals surface area (Å²) in [5.41, 5.74) is 10.4. The average molecular weight is 883 g/mol. The van der Waals surface area contributed by atoms with Gasteiger partial charge in [0.15, 0.2) is 11.5 Å². The van der Waals surface area contributed by atoms with E-state index in [4.69, 9.17) is 0 Å². The third-order valence-electron chi connectivity index (χ3n) is 12.7. The smallest absolute Gasteiger partial charge is 0.210 e. The fourth-order valence-corrected chi connectivity index (χ4v) is 9.74. The number of carbonyl (C=O) groups is 1. The zero-order chi connectivity index (χ0) is 39.7. The molecule has 5 nitrogen and oxygen atoms in total. The van der Waals surface area contributed by atoms with Crippen LogP contribution in [0.2, 0.25) is 0 Å². The number of fused-ring (bicyclic) bond motifs is 6. The van der Waals surface area contributed by atoms with Crippen LogP contribution < -0.4 is 34.2 Å². The van der Waals surface area contributed by atoms with E-state index in [2.05, 4.69) is 146 Å². The number of ketones is 1. The Morgan fingerprint density at radius 3 is 2.05 bits per heavy atom. The van der Waals surface area contributed by atoms with Crippen LogP contribution in [0.3, 0.4) is 0 Å². The Morgan fingerprint density at radius 1 is 0.707 bits per heavy atom. The first-order valence-corrected chi connectivity index (χ1v) is 21.5. The van der Waals surface area contributed by atoms with E-state index in [0.717, 1.165) is 48.5 Å². The molecule has 6 heteroatoms. The zero-order valence-corrected chi connectivity index (χ0v) is 37.5. The van der Waals surface area contributed by atoms with Gasteiger partial charge in [0.05, 0.1) is 28.9 Å². The number of allylic oxidation sites excluding steroid dienone is 5. The topological polar surface area (TPSA) is 48.2 Å². The van der Waals surface area contributed by atoms with Crippen LogP contribution in [-0.2, 0) is 22.2 Å². The second kappa shape index (κ2) is 17.3. The van der Waals surface area contributed by atoms with E-state index in [1.807, 2.05) is 24.4 Å². The quantitative estimate of drug-likeness (QED) is 0.0494. The van der Waals surface area contributed by atoms with Crippen molar-refractivity contribution in [3.63, 3.8) is 0 Å². The van der Waals surface area contributed by atoms with Gasteiger partial charge in [0.25, 0.3) is 0 Å². The van der Waals surface area contributed by atoms with Crippen LogP contribution in [0.1, 0.15) is 110 Å². The highest BCUT2D eigenvalue weighted by Crippen LogP contribution is 2.52. The largest absolute Gasteiger partial charge is 1.00 e. The summed E-state index contributed by atoms with van der Waals surface area (Å²) >= 11 is 0. The number of pyridine rings is 1. The van der Waals surface area contributed by atoms with E-state index >= 15 is 0 Å². The second-order valence-electron chi connectivity index (χ2n) is 17.3. The first-order chi connectivity index (χ1) is 27.7. The maximum absolute atomic E-state index is 14.9. The molecule has 1 aliphatic carbocycles. The summed E-state index contributed by atoms with van der Waals surface area (Å²) in [7, 11) is 0. The molecule has 8 rings (SSSR count). The maximum Gasteiger partial charge on any atom is 0.210 e. The third kappa shape index (κ3) is 7.46. The molecule has 0 bridgehead atoms. The lowest BCUT2D eigenvalue weighted by atomic mass is 9.75. The molecule has 0 unspecified atom stereocenters. The molecule has 0 saturated heterocycles. The number of hydrogen-bond acceptors (Lipinski definition) is 4. The van der Waals surface area contributed by atoms with Crippen molar-refractivity contribution in [3.05, 3.63) is 149 Å². The van der Waals surface area contributed by atoms with Crippen LogP contribution in [0.15, 0.2) is 132 Å². The lowest BCUT2D eigenvalue weighted by molar-refractivity contribution is -0.438. The normalized spacial score (nSPS) is 18.0. The van der Waals surface area contributed by atoms with E-state index < -0.39 is 0 Å². The van der Waals surface area contributed by atoms with E-state index in [1.54, 1.807) is 0 Å². The van der Waals surface area contributed by atoms with Crippen molar-refractivity contribution in [1.29, 1.82) is 0 Å². The van der Waals surface area contributed by atoms with Crippen LogP contribution in [-0.4, -0.2) is 34.1 Å². The van der Waals surface area contributed by atoms with Gasteiger partial charge in [0.2, 0.25) is 5.69 Å². The number of halogens is 1. The number of benzene rings is 4. The summed E-state index contributed by atoms with van der Waals surface area (Å²) in [5, 5.41) is 8.83. The first kappa shape index (κ1) is 41.6. The molecule has 1 N–H and O–H groups in total. The van der Waals surface area contributed by atoms with Crippen molar-refractivity contribution in [2.45, 2.75) is 110 Å². The van der Waals surface area contributed by atoms with E-state index in [-0.39, 0.29) is 40.6 Å². The SMILES string of the molecule is CCCCCCN1C(=CC2=C(NCc3ccccn3)C(=CC3=[N+](CCCCCC)c4ccc5ccccc5c4C3(C)C)C2=O)C(C)(C)c2c1ccc1ccccc21.[I-]. The summed E-state index contributed by atoms with van der Waals surface area (Å²) < 4.78 is 2.52. The van der Waals surface area contributed by atoms with Gasteiger partial charge in [-0.3, -0.25) is 9.78 Å². The molecule has 5 aromatic rings. The molecule has 1 aromatic heterocycles. The predicted octanol–water partition coefficient (Wildman–Crippen LogP) is 9.16. The summed E-state index contributed by atoms with van der Waals surface area (Å²) in [6.45, 7) is 16.3. The van der Waals surface area contributed by atoms with Gasteiger partial charge < -0.3 is 34.2 Å². The van der Waals surface area contributed by atoms with Crippen molar-refractivity contribution >= 4 is 44.4 Å². The number of carbonyl (C=O) groups excluding carboxylic acids is 1. The lowest BCUT2D eigenvalue weighted by Gasteiger charge is -2.31. The molecule has 0 atom stereocenters. The van der Waals surface area contributed by atoms with E-state index in [9.17, 15) is 4.79 Å². The molecule has 0 saturated carbocycles. The predicted molar refractivity (Wildman–Crippen MR) is 239 cm³/mol. The number of nitrogens with one attached hydrogen (secondary N) is 1. The summed E-state index contributed by atoms with van der Waals surface area (Å²) in [4.78, 5) is 22.0. The highest BCUT2D eigenvalue weighted by Gasteiger charge is 2.48. The fourth-order valence-electron chi connectivity index (χ4n) is 9.74. The van der Waals surface area contributed by atoms with Crippen LogP contribution in [0, 0.1) is 0 Å². The Hall–Kier alpha value is -4.56. The number of nitrogens with zero attached hydrogens (tertiary/aromatic N) is 3. The summed E-state index contributed by atoms with van der Waals surface area (Å²) in [5.74, 6) is 0.101. The Labute approximate surface area is 363 Å². The minimum atomic E-state index is -0.306. The van der Waals surface area contributed by atoms with Crippen molar-refractivity contribution in [1.82, 2.24) is 10.3 Å².